The van der Waals surface area contributed by atoms with Crippen LogP contribution in [0.5, 0.6) is 0 Å². The minimum absolute atomic E-state index is 1.05. The van der Waals surface area contributed by atoms with E-state index in [9.17, 15) is 0 Å². The molecule has 0 spiro atoms. The number of allylic oxidation sites excluding steroid dienone is 1. The van der Waals surface area contributed by atoms with Crippen LogP contribution >= 0.6 is 0 Å². The molecule has 0 fully saturated rings. The molecule has 1 aliphatic carbocycles. The zero-order valence-electron chi connectivity index (χ0n) is 8.77. The Balaban J connectivity index is 2.01. The summed E-state index contributed by atoms with van der Waals surface area (Å²) in [7, 11) is 0. The van der Waals surface area contributed by atoms with Crippen LogP contribution in [0.2, 0.25) is 0 Å². The van der Waals surface area contributed by atoms with Crippen molar-refractivity contribution in [2.45, 2.75) is 13.3 Å². The van der Waals surface area contributed by atoms with Gasteiger partial charge < -0.3 is 4.57 Å². The number of hydrogen-bond acceptors (Lipinski definition) is 0. The molecule has 1 heteroatoms. The van der Waals surface area contributed by atoms with Crippen molar-refractivity contribution in [3.8, 4) is 0 Å². The molecule has 1 aliphatic rings. The molecule has 0 amide bonds. The highest BCUT2D eigenvalue weighted by molar-refractivity contribution is 5.80. The van der Waals surface area contributed by atoms with E-state index in [1.54, 1.807) is 0 Å². The van der Waals surface area contributed by atoms with Crippen LogP contribution in [0.4, 0.5) is 0 Å². The van der Waals surface area contributed by atoms with Gasteiger partial charge in [-0.3, -0.25) is 0 Å². The van der Waals surface area contributed by atoms with Gasteiger partial charge in [-0.25, -0.2) is 0 Å². The molecular formula is C14H13N. The van der Waals surface area contributed by atoms with Crippen LogP contribution in [-0.4, -0.2) is 4.57 Å². The highest BCUT2D eigenvalue weighted by Gasteiger charge is 2.12. The van der Waals surface area contributed by atoms with Gasteiger partial charge in [0.25, 0.3) is 0 Å². The van der Waals surface area contributed by atoms with Gasteiger partial charge in [0, 0.05) is 24.5 Å². The molecule has 1 heterocycles. The predicted molar refractivity (Wildman–Crippen MR) is 63.5 cm³/mol. The second-order valence-corrected chi connectivity index (χ2v) is 4.11. The number of aromatic nitrogens is 1. The number of aryl methyl sites for hydroxylation is 1. The first-order chi connectivity index (χ1) is 7.33. The maximum absolute atomic E-state index is 2.27. The zero-order valence-corrected chi connectivity index (χ0v) is 8.77. The number of nitrogens with zero attached hydrogens (tertiary/aromatic N) is 1. The maximum atomic E-state index is 2.27. The van der Waals surface area contributed by atoms with Crippen LogP contribution in [0.3, 0.4) is 0 Å². The molecule has 0 N–H and O–H groups in total. The van der Waals surface area contributed by atoms with Gasteiger partial charge in [-0.1, -0.05) is 24.3 Å². The summed E-state index contributed by atoms with van der Waals surface area (Å²) in [5.41, 5.74) is 5.47. The van der Waals surface area contributed by atoms with Crippen LogP contribution in [0.25, 0.3) is 11.8 Å². The Kier molecular flexibility index (Phi) is 1.78. The third kappa shape index (κ3) is 1.40. The lowest BCUT2D eigenvalue weighted by molar-refractivity contribution is 1.06. The lowest BCUT2D eigenvalue weighted by Gasteiger charge is -2.02. The van der Waals surface area contributed by atoms with Crippen molar-refractivity contribution in [3.05, 3.63) is 59.4 Å². The fourth-order valence-electron chi connectivity index (χ4n) is 2.11. The molecule has 0 saturated heterocycles. The van der Waals surface area contributed by atoms with Crippen molar-refractivity contribution >= 4 is 11.8 Å². The highest BCUT2D eigenvalue weighted by Crippen LogP contribution is 2.27. The number of rotatable bonds is 1. The first kappa shape index (κ1) is 8.54. The smallest absolute Gasteiger partial charge is 0.0270 e. The van der Waals surface area contributed by atoms with Gasteiger partial charge in [0.2, 0.25) is 0 Å². The van der Waals surface area contributed by atoms with E-state index in [1.165, 1.54) is 22.4 Å². The molecule has 3 rings (SSSR count). The third-order valence-electron chi connectivity index (χ3n) is 2.92. The largest absolute Gasteiger partial charge is 0.327 e. The Hall–Kier alpha value is -1.76. The van der Waals surface area contributed by atoms with Crippen LogP contribution in [0.15, 0.2) is 42.7 Å². The van der Waals surface area contributed by atoms with Crippen molar-refractivity contribution in [1.82, 2.24) is 4.57 Å². The quantitative estimate of drug-likeness (QED) is 0.657. The molecule has 15 heavy (non-hydrogen) atoms. The van der Waals surface area contributed by atoms with Crippen molar-refractivity contribution in [2.24, 2.45) is 0 Å². The average Bonchev–Trinajstić information content (AvgIpc) is 2.82. The number of benzene rings is 1. The fraction of sp³-hybridized carbons (Fsp3) is 0.143. The molecule has 0 atom stereocenters. The van der Waals surface area contributed by atoms with Crippen LogP contribution in [0.1, 0.15) is 16.7 Å². The van der Waals surface area contributed by atoms with Gasteiger partial charge in [0.1, 0.15) is 0 Å². The van der Waals surface area contributed by atoms with E-state index in [1.807, 2.05) is 0 Å². The SMILES string of the molecule is Cc1ccn(C2=Cc3ccccc3C2)c1. The second kappa shape index (κ2) is 3.13. The zero-order chi connectivity index (χ0) is 10.3. The summed E-state index contributed by atoms with van der Waals surface area (Å²) in [6.45, 7) is 2.12. The van der Waals surface area contributed by atoms with Crippen molar-refractivity contribution < 1.29 is 0 Å². The van der Waals surface area contributed by atoms with Crippen molar-refractivity contribution in [3.63, 3.8) is 0 Å². The lowest BCUT2D eigenvalue weighted by atomic mass is 10.1. The highest BCUT2D eigenvalue weighted by atomic mass is 15.0. The summed E-state index contributed by atoms with van der Waals surface area (Å²) in [5, 5.41) is 0. The average molecular weight is 195 g/mol. The Morgan fingerprint density at radius 2 is 2.00 bits per heavy atom. The number of fused-ring (bicyclic) bond motifs is 1. The summed E-state index contributed by atoms with van der Waals surface area (Å²) in [4.78, 5) is 0. The first-order valence-corrected chi connectivity index (χ1v) is 5.26. The van der Waals surface area contributed by atoms with Gasteiger partial charge in [-0.15, -0.1) is 0 Å². The predicted octanol–water partition coefficient (Wildman–Crippen LogP) is 3.35. The molecule has 0 unspecified atom stereocenters. The topological polar surface area (TPSA) is 4.93 Å². The standard InChI is InChI=1S/C14H13N/c1-11-6-7-15(10-11)14-8-12-4-2-3-5-13(12)9-14/h2-8,10H,9H2,1H3. The monoisotopic (exact) mass is 195 g/mol. The van der Waals surface area contributed by atoms with E-state index in [-0.39, 0.29) is 0 Å². The lowest BCUT2D eigenvalue weighted by Crippen LogP contribution is -1.92. The van der Waals surface area contributed by atoms with Gasteiger partial charge in [-0.05, 0) is 35.8 Å². The Labute approximate surface area is 89.7 Å². The normalized spacial score (nSPS) is 13.8. The fourth-order valence-corrected chi connectivity index (χ4v) is 2.11. The molecule has 0 saturated carbocycles. The molecule has 1 aromatic carbocycles. The molecular weight excluding hydrogens is 182 g/mol. The Bertz CT molecular complexity index is 532. The first-order valence-electron chi connectivity index (χ1n) is 5.26. The van der Waals surface area contributed by atoms with Gasteiger partial charge >= 0.3 is 0 Å². The Morgan fingerprint density at radius 1 is 1.13 bits per heavy atom. The van der Waals surface area contributed by atoms with Crippen LogP contribution in [0, 0.1) is 6.92 Å². The van der Waals surface area contributed by atoms with E-state index >= 15 is 0 Å². The minimum atomic E-state index is 1.05. The summed E-state index contributed by atoms with van der Waals surface area (Å²) in [6.07, 6.45) is 7.63. The molecule has 0 aliphatic heterocycles. The maximum Gasteiger partial charge on any atom is 0.0270 e. The van der Waals surface area contributed by atoms with E-state index in [2.05, 4.69) is 60.3 Å². The summed E-state index contributed by atoms with van der Waals surface area (Å²) < 4.78 is 2.22. The summed E-state index contributed by atoms with van der Waals surface area (Å²) in [5.74, 6) is 0. The molecule has 2 aromatic rings. The van der Waals surface area contributed by atoms with Crippen LogP contribution in [-0.2, 0) is 6.42 Å². The minimum Gasteiger partial charge on any atom is -0.327 e. The van der Waals surface area contributed by atoms with E-state index in [0.717, 1.165) is 6.42 Å². The van der Waals surface area contributed by atoms with Gasteiger partial charge in [-0.2, -0.15) is 0 Å². The van der Waals surface area contributed by atoms with E-state index in [0.29, 0.717) is 0 Å². The molecule has 1 nitrogen and oxygen atoms in total. The molecule has 74 valence electrons. The Morgan fingerprint density at radius 3 is 2.73 bits per heavy atom. The van der Waals surface area contributed by atoms with Crippen molar-refractivity contribution in [2.75, 3.05) is 0 Å². The van der Waals surface area contributed by atoms with Crippen molar-refractivity contribution in [1.29, 1.82) is 0 Å². The van der Waals surface area contributed by atoms with Gasteiger partial charge in [0.15, 0.2) is 0 Å². The summed E-state index contributed by atoms with van der Waals surface area (Å²) in [6, 6.07) is 10.7. The van der Waals surface area contributed by atoms with Crippen LogP contribution < -0.4 is 0 Å². The van der Waals surface area contributed by atoms with E-state index in [4.69, 9.17) is 0 Å². The molecule has 1 aromatic heterocycles. The molecule has 0 bridgehead atoms. The van der Waals surface area contributed by atoms with E-state index < -0.39 is 0 Å². The second-order valence-electron chi connectivity index (χ2n) is 4.11. The molecule has 0 radical (unpaired) electrons. The van der Waals surface area contributed by atoms with Gasteiger partial charge in [0.05, 0.1) is 0 Å². The summed E-state index contributed by atoms with van der Waals surface area (Å²) >= 11 is 0. The number of hydrogen-bond donors (Lipinski definition) is 0. The third-order valence-corrected chi connectivity index (χ3v) is 2.92.